The van der Waals surface area contributed by atoms with Gasteiger partial charge in [0.25, 0.3) is 0 Å². The molecule has 0 bridgehead atoms. The molecule has 0 aliphatic heterocycles. The van der Waals surface area contributed by atoms with Gasteiger partial charge in [-0.25, -0.2) is 4.98 Å². The van der Waals surface area contributed by atoms with Crippen LogP contribution in [-0.2, 0) is 6.42 Å². The van der Waals surface area contributed by atoms with Gasteiger partial charge >= 0.3 is 0 Å². The average molecular weight is 508 g/mol. The lowest BCUT2D eigenvalue weighted by atomic mass is 9.48. The first-order chi connectivity index (χ1) is 16.8. The maximum absolute atomic E-state index is 9.82. The Kier molecular flexibility index (Phi) is 5.45. The fourth-order valence-electron chi connectivity index (χ4n) is 7.73. The van der Waals surface area contributed by atoms with E-state index in [1.54, 1.807) is 23.5 Å². The van der Waals surface area contributed by atoms with Crippen LogP contribution in [0.4, 0.5) is 10.8 Å². The van der Waals surface area contributed by atoms with Gasteiger partial charge in [0, 0.05) is 22.9 Å². The smallest absolute Gasteiger partial charge is 0.187 e. The quantitative estimate of drug-likeness (QED) is 0.302. The van der Waals surface area contributed by atoms with Gasteiger partial charge in [0.2, 0.25) is 0 Å². The Morgan fingerprint density at radius 2 is 2.03 bits per heavy atom. The van der Waals surface area contributed by atoms with Crippen molar-refractivity contribution in [2.75, 3.05) is 5.32 Å². The molecule has 2 aromatic rings. The molecule has 35 heavy (non-hydrogen) atoms. The number of hydrogen-bond donors (Lipinski definition) is 4. The number of aromatic nitrogens is 1. The average Bonchev–Trinajstić information content (AvgIpc) is 3.37. The molecule has 0 unspecified atom stereocenters. The van der Waals surface area contributed by atoms with E-state index >= 15 is 0 Å². The predicted molar refractivity (Wildman–Crippen MR) is 147 cm³/mol. The van der Waals surface area contributed by atoms with Gasteiger partial charge in [-0.15, -0.1) is 0 Å². The second-order valence-corrected chi connectivity index (χ2v) is 12.6. The summed E-state index contributed by atoms with van der Waals surface area (Å²) in [5.74, 6) is 2.31. The van der Waals surface area contributed by atoms with Crippen LogP contribution in [0.25, 0.3) is 5.57 Å². The highest BCUT2D eigenvalue weighted by molar-refractivity contribution is 7.80. The summed E-state index contributed by atoms with van der Waals surface area (Å²) in [7, 11) is 0. The van der Waals surface area contributed by atoms with Crippen LogP contribution in [0.2, 0.25) is 0 Å². The molecule has 184 valence electrons. The standard InChI is InChI=1S/C27H33N5OS2/c1-26-13-11-21-23(35-25(30-21)29-15-4-3-5-16(33)14-15)20(26)7-6-17-18-8-9-22(31-32-24(28)34)27(18,2)12-10-19(17)26/h3-5,7,14,17-19,33H,6,8-13H2,1-2H3,(H,29,30)(H3,28,32,34)/b31-22-/t17-,18-,19-,26+,27-/m0/s1. The van der Waals surface area contributed by atoms with E-state index in [2.05, 4.69) is 35.8 Å². The largest absolute Gasteiger partial charge is 0.508 e. The zero-order chi connectivity index (χ0) is 24.4. The van der Waals surface area contributed by atoms with Crippen molar-refractivity contribution in [3.05, 3.63) is 40.9 Å². The number of thiocarbonyl (C=S) groups is 1. The molecular weight excluding hydrogens is 474 g/mol. The third kappa shape index (κ3) is 3.68. The summed E-state index contributed by atoms with van der Waals surface area (Å²) in [4.78, 5) is 6.32. The number of phenols is 1. The third-order valence-corrected chi connectivity index (χ3v) is 10.6. The number of anilines is 2. The van der Waals surface area contributed by atoms with E-state index in [4.69, 9.17) is 22.9 Å². The van der Waals surface area contributed by atoms with E-state index in [-0.39, 0.29) is 21.7 Å². The fraction of sp³-hybridized carbons (Fsp3) is 0.519. The van der Waals surface area contributed by atoms with E-state index in [0.29, 0.717) is 17.8 Å². The Morgan fingerprint density at radius 1 is 1.20 bits per heavy atom. The zero-order valence-corrected chi connectivity index (χ0v) is 21.9. The first-order valence-corrected chi connectivity index (χ1v) is 13.9. The van der Waals surface area contributed by atoms with Crippen molar-refractivity contribution < 1.29 is 5.11 Å². The molecule has 0 radical (unpaired) electrons. The monoisotopic (exact) mass is 507 g/mol. The van der Waals surface area contributed by atoms with E-state index < -0.39 is 0 Å². The van der Waals surface area contributed by atoms with Gasteiger partial charge in [0.05, 0.1) is 10.6 Å². The van der Waals surface area contributed by atoms with Crippen molar-refractivity contribution in [3.8, 4) is 5.75 Å². The van der Waals surface area contributed by atoms with Gasteiger partial charge in [0.15, 0.2) is 10.2 Å². The van der Waals surface area contributed by atoms with Crippen LogP contribution in [0.1, 0.15) is 62.9 Å². The molecule has 4 aliphatic rings. The molecule has 1 aromatic heterocycles. The summed E-state index contributed by atoms with van der Waals surface area (Å²) in [5, 5.41) is 19.0. The van der Waals surface area contributed by atoms with Crippen molar-refractivity contribution in [1.82, 2.24) is 10.4 Å². The number of phenolic OH excluding ortho intramolecular Hbond substituents is 1. The van der Waals surface area contributed by atoms with Crippen molar-refractivity contribution >= 4 is 50.8 Å². The van der Waals surface area contributed by atoms with E-state index in [9.17, 15) is 5.11 Å². The number of nitrogens with zero attached hydrogens (tertiary/aromatic N) is 2. The fourth-order valence-corrected chi connectivity index (χ4v) is 8.99. The van der Waals surface area contributed by atoms with E-state index in [1.807, 2.05) is 12.1 Å². The lowest BCUT2D eigenvalue weighted by Crippen LogP contribution is -2.49. The molecule has 0 amide bonds. The van der Waals surface area contributed by atoms with Crippen LogP contribution in [0.5, 0.6) is 5.75 Å². The van der Waals surface area contributed by atoms with Crippen molar-refractivity contribution in [3.63, 3.8) is 0 Å². The van der Waals surface area contributed by atoms with Gasteiger partial charge in [-0.05, 0) is 98.0 Å². The molecule has 6 nitrogen and oxygen atoms in total. The van der Waals surface area contributed by atoms with Gasteiger partial charge in [0.1, 0.15) is 5.75 Å². The Hall–Kier alpha value is -2.45. The molecule has 5 atom stereocenters. The molecule has 1 heterocycles. The number of benzene rings is 1. The van der Waals surface area contributed by atoms with Crippen molar-refractivity contribution in [1.29, 1.82) is 0 Å². The third-order valence-electron chi connectivity index (χ3n) is 9.43. The Labute approximate surface area is 216 Å². The number of hydrazone groups is 1. The molecule has 1 aromatic carbocycles. The van der Waals surface area contributed by atoms with Gasteiger partial charge in [-0.3, -0.25) is 5.43 Å². The normalized spacial score (nSPS) is 34.3. The number of nitrogens with one attached hydrogen (secondary N) is 2. The molecule has 0 saturated heterocycles. The minimum absolute atomic E-state index is 0.142. The minimum atomic E-state index is 0.142. The summed E-state index contributed by atoms with van der Waals surface area (Å²) < 4.78 is 0. The number of aromatic hydroxyl groups is 1. The lowest BCUT2D eigenvalue weighted by molar-refractivity contribution is 0.0116. The highest BCUT2D eigenvalue weighted by Crippen LogP contribution is 2.65. The topological polar surface area (TPSA) is 95.6 Å². The van der Waals surface area contributed by atoms with Gasteiger partial charge in [-0.1, -0.05) is 37.3 Å². The van der Waals surface area contributed by atoms with Crippen LogP contribution in [0.15, 0.2) is 35.4 Å². The van der Waals surface area contributed by atoms with Gasteiger partial charge in [-0.2, -0.15) is 5.10 Å². The summed E-state index contributed by atoms with van der Waals surface area (Å²) in [6, 6.07) is 7.24. The maximum atomic E-state index is 9.82. The first-order valence-electron chi connectivity index (χ1n) is 12.7. The van der Waals surface area contributed by atoms with Crippen LogP contribution >= 0.6 is 23.6 Å². The molecule has 5 N–H and O–H groups in total. The van der Waals surface area contributed by atoms with Crippen molar-refractivity contribution in [2.24, 2.45) is 39.4 Å². The van der Waals surface area contributed by atoms with Crippen molar-refractivity contribution in [2.45, 2.75) is 58.8 Å². The molecule has 2 saturated carbocycles. The number of allylic oxidation sites excluding steroid dienone is 2. The number of thiazole rings is 1. The maximum Gasteiger partial charge on any atom is 0.187 e. The first kappa shape index (κ1) is 23.0. The summed E-state index contributed by atoms with van der Waals surface area (Å²) >= 11 is 6.76. The van der Waals surface area contributed by atoms with Crippen LogP contribution < -0.4 is 16.5 Å². The molecule has 4 aliphatic carbocycles. The zero-order valence-electron chi connectivity index (χ0n) is 20.3. The van der Waals surface area contributed by atoms with E-state index in [1.165, 1.54) is 41.1 Å². The Bertz CT molecular complexity index is 1250. The minimum Gasteiger partial charge on any atom is -0.508 e. The van der Waals surface area contributed by atoms with Crippen LogP contribution in [0, 0.1) is 28.6 Å². The molecule has 0 spiro atoms. The Balaban J connectivity index is 1.29. The highest BCUT2D eigenvalue weighted by atomic mass is 32.1. The number of nitrogens with two attached hydrogens (primary N) is 1. The van der Waals surface area contributed by atoms with Gasteiger partial charge < -0.3 is 16.2 Å². The number of fused-ring (bicyclic) bond motifs is 7. The number of rotatable bonds is 3. The molecule has 2 fully saturated rings. The highest BCUT2D eigenvalue weighted by Gasteiger charge is 2.58. The summed E-state index contributed by atoms with van der Waals surface area (Å²) in [6.45, 7) is 4.94. The van der Waals surface area contributed by atoms with Crippen LogP contribution in [0.3, 0.4) is 0 Å². The van der Waals surface area contributed by atoms with E-state index in [0.717, 1.165) is 36.5 Å². The molecule has 8 heteroatoms. The number of hydrogen-bond acceptors (Lipinski definition) is 6. The lowest BCUT2D eigenvalue weighted by Gasteiger charge is -2.56. The van der Waals surface area contributed by atoms with Crippen LogP contribution in [-0.4, -0.2) is 20.9 Å². The summed E-state index contributed by atoms with van der Waals surface area (Å²) in [5.41, 5.74) is 13.7. The SMILES string of the molecule is C[C@]12CCc3nc(Nc4cccc(O)c4)sc3C1=CC[C@@H]1[C@@H]2CC[C@]2(C)/C(=N\NC(N)=S)CC[C@@H]12. The molecular formula is C27H33N5OS2. The summed E-state index contributed by atoms with van der Waals surface area (Å²) in [6.07, 6.45) is 10.5. The second-order valence-electron chi connectivity index (χ2n) is 11.1. The second kappa shape index (κ2) is 8.30. The predicted octanol–water partition coefficient (Wildman–Crippen LogP) is 5.96. The Morgan fingerprint density at radius 3 is 2.83 bits per heavy atom. The molecule has 6 rings (SSSR count). The number of aryl methyl sites for hydroxylation is 1.